The number of fused-ring (bicyclic) bond motifs is 1. The molecule has 2 aromatic heterocycles. The van der Waals surface area contributed by atoms with Crippen molar-refractivity contribution in [2.24, 2.45) is 4.99 Å². The molecule has 7 heteroatoms. The highest BCUT2D eigenvalue weighted by atomic mass is 127. The molecule has 142 valence electrons. The van der Waals surface area contributed by atoms with Gasteiger partial charge in [0, 0.05) is 51.3 Å². The minimum absolute atomic E-state index is 0. The minimum Gasteiger partial charge on any atom is -0.368 e. The molecule has 1 aromatic carbocycles. The lowest BCUT2D eigenvalue weighted by Crippen LogP contribution is -2.52. The molecular formula is C20H25IN6. The Morgan fingerprint density at radius 1 is 1.04 bits per heavy atom. The molecule has 0 spiro atoms. The number of hydrogen-bond donors (Lipinski definition) is 1. The molecule has 0 aliphatic carbocycles. The first-order valence-corrected chi connectivity index (χ1v) is 9.02. The van der Waals surface area contributed by atoms with Gasteiger partial charge in [0.15, 0.2) is 5.96 Å². The van der Waals surface area contributed by atoms with Gasteiger partial charge in [-0.3, -0.25) is 4.99 Å². The van der Waals surface area contributed by atoms with Crippen LogP contribution in [0.5, 0.6) is 0 Å². The predicted molar refractivity (Wildman–Crippen MR) is 121 cm³/mol. The molecule has 1 aliphatic heterocycles. The summed E-state index contributed by atoms with van der Waals surface area (Å²) in [6.45, 7) is 4.59. The molecule has 0 radical (unpaired) electrons. The number of pyridine rings is 1. The number of imidazole rings is 1. The Balaban J connectivity index is 0.00000210. The third-order valence-corrected chi connectivity index (χ3v) is 4.75. The van der Waals surface area contributed by atoms with E-state index >= 15 is 0 Å². The molecule has 0 bridgehead atoms. The van der Waals surface area contributed by atoms with Gasteiger partial charge in [0.25, 0.3) is 0 Å². The quantitative estimate of drug-likeness (QED) is 0.359. The monoisotopic (exact) mass is 476 g/mol. The first kappa shape index (κ1) is 19.5. The number of guanidine groups is 1. The Morgan fingerprint density at radius 3 is 2.48 bits per heavy atom. The van der Waals surface area contributed by atoms with Crippen LogP contribution in [0.15, 0.2) is 65.9 Å². The highest BCUT2D eigenvalue weighted by Gasteiger charge is 2.19. The lowest BCUT2D eigenvalue weighted by Gasteiger charge is -2.37. The average molecular weight is 476 g/mol. The van der Waals surface area contributed by atoms with Crippen molar-refractivity contribution in [1.29, 1.82) is 0 Å². The second-order valence-corrected chi connectivity index (χ2v) is 6.41. The third-order valence-electron chi connectivity index (χ3n) is 4.75. The topological polar surface area (TPSA) is 48.2 Å². The third kappa shape index (κ3) is 4.52. The number of rotatable bonds is 3. The van der Waals surface area contributed by atoms with Crippen molar-refractivity contribution in [3.05, 3.63) is 66.6 Å². The van der Waals surface area contributed by atoms with Gasteiger partial charge in [-0.15, -0.1) is 24.0 Å². The predicted octanol–water partition coefficient (Wildman–Crippen LogP) is 2.85. The summed E-state index contributed by atoms with van der Waals surface area (Å²) in [4.78, 5) is 13.8. The van der Waals surface area contributed by atoms with Crippen LogP contribution in [0.2, 0.25) is 0 Å². The lowest BCUT2D eigenvalue weighted by molar-refractivity contribution is 0.372. The van der Waals surface area contributed by atoms with Gasteiger partial charge >= 0.3 is 0 Å². The summed E-state index contributed by atoms with van der Waals surface area (Å²) in [6, 6.07) is 16.6. The SMILES string of the molecule is CN=C(NCc1cn2ccccc2n1)N1CCN(c2ccccc2)CC1.I. The van der Waals surface area contributed by atoms with Crippen LogP contribution in [0.4, 0.5) is 5.69 Å². The Bertz CT molecular complexity index is 851. The van der Waals surface area contributed by atoms with Crippen LogP contribution in [0.25, 0.3) is 5.65 Å². The molecule has 6 nitrogen and oxygen atoms in total. The second-order valence-electron chi connectivity index (χ2n) is 6.41. The van der Waals surface area contributed by atoms with E-state index in [1.165, 1.54) is 5.69 Å². The molecular weight excluding hydrogens is 451 g/mol. The summed E-state index contributed by atoms with van der Waals surface area (Å²) in [5, 5.41) is 3.45. The average Bonchev–Trinajstić information content (AvgIpc) is 3.12. The van der Waals surface area contributed by atoms with Crippen molar-refractivity contribution in [3.63, 3.8) is 0 Å². The molecule has 3 heterocycles. The lowest BCUT2D eigenvalue weighted by atomic mass is 10.2. The maximum atomic E-state index is 4.63. The Kier molecular flexibility index (Phi) is 6.54. The van der Waals surface area contributed by atoms with Crippen molar-refractivity contribution < 1.29 is 0 Å². The largest absolute Gasteiger partial charge is 0.368 e. The van der Waals surface area contributed by atoms with E-state index in [-0.39, 0.29) is 24.0 Å². The van der Waals surface area contributed by atoms with E-state index in [4.69, 9.17) is 0 Å². The van der Waals surface area contributed by atoms with Gasteiger partial charge in [-0.05, 0) is 24.3 Å². The summed E-state index contributed by atoms with van der Waals surface area (Å²) >= 11 is 0. The van der Waals surface area contributed by atoms with Crippen LogP contribution in [-0.4, -0.2) is 53.5 Å². The van der Waals surface area contributed by atoms with Crippen LogP contribution in [0.3, 0.4) is 0 Å². The van der Waals surface area contributed by atoms with Crippen LogP contribution in [-0.2, 0) is 6.54 Å². The highest BCUT2D eigenvalue weighted by Crippen LogP contribution is 2.15. The number of aromatic nitrogens is 2. The van der Waals surface area contributed by atoms with Gasteiger partial charge in [0.05, 0.1) is 12.2 Å². The number of anilines is 1. The fourth-order valence-electron chi connectivity index (χ4n) is 3.39. The highest BCUT2D eigenvalue weighted by molar-refractivity contribution is 14.0. The maximum Gasteiger partial charge on any atom is 0.194 e. The maximum absolute atomic E-state index is 4.63. The first-order chi connectivity index (χ1) is 12.8. The van der Waals surface area contributed by atoms with Gasteiger partial charge in [0.2, 0.25) is 0 Å². The Morgan fingerprint density at radius 2 is 1.78 bits per heavy atom. The zero-order chi connectivity index (χ0) is 17.8. The van der Waals surface area contributed by atoms with E-state index < -0.39 is 0 Å². The van der Waals surface area contributed by atoms with Gasteiger partial charge in [-0.1, -0.05) is 24.3 Å². The van der Waals surface area contributed by atoms with Crippen LogP contribution >= 0.6 is 24.0 Å². The molecule has 1 fully saturated rings. The number of benzene rings is 1. The molecule has 1 N–H and O–H groups in total. The number of piperazine rings is 1. The van der Waals surface area contributed by atoms with Gasteiger partial charge < -0.3 is 19.5 Å². The smallest absolute Gasteiger partial charge is 0.194 e. The van der Waals surface area contributed by atoms with Gasteiger partial charge in [-0.25, -0.2) is 4.98 Å². The number of para-hydroxylation sites is 1. The molecule has 0 unspecified atom stereocenters. The fourth-order valence-corrected chi connectivity index (χ4v) is 3.39. The summed E-state index contributed by atoms with van der Waals surface area (Å²) in [7, 11) is 1.84. The molecule has 3 aromatic rings. The molecule has 4 rings (SSSR count). The molecule has 0 atom stereocenters. The van der Waals surface area contributed by atoms with E-state index in [2.05, 4.69) is 61.6 Å². The minimum atomic E-state index is 0. The summed E-state index contributed by atoms with van der Waals surface area (Å²) in [5.74, 6) is 0.940. The Labute approximate surface area is 176 Å². The number of nitrogens with zero attached hydrogens (tertiary/aromatic N) is 5. The molecule has 1 aliphatic rings. The molecule has 27 heavy (non-hydrogen) atoms. The van der Waals surface area contributed by atoms with Crippen molar-refractivity contribution >= 4 is 41.3 Å². The van der Waals surface area contributed by atoms with E-state index in [0.29, 0.717) is 6.54 Å². The van der Waals surface area contributed by atoms with Crippen molar-refractivity contribution in [1.82, 2.24) is 19.6 Å². The standard InChI is InChI=1S/C20H24N6.HI/c1-21-20(22-15-17-16-26-10-6-5-9-19(26)23-17)25-13-11-24(12-14-25)18-7-3-2-4-8-18;/h2-10,16H,11-15H2,1H3,(H,21,22);1H. The van der Waals surface area contributed by atoms with Crippen LogP contribution < -0.4 is 10.2 Å². The van der Waals surface area contributed by atoms with E-state index in [1.807, 2.05) is 35.8 Å². The van der Waals surface area contributed by atoms with E-state index in [9.17, 15) is 0 Å². The Hall–Kier alpha value is -2.29. The van der Waals surface area contributed by atoms with Crippen molar-refractivity contribution in [2.75, 3.05) is 38.1 Å². The summed E-state index contributed by atoms with van der Waals surface area (Å²) in [5.41, 5.74) is 3.27. The van der Waals surface area contributed by atoms with E-state index in [0.717, 1.165) is 43.5 Å². The van der Waals surface area contributed by atoms with E-state index in [1.54, 1.807) is 0 Å². The number of hydrogen-bond acceptors (Lipinski definition) is 3. The van der Waals surface area contributed by atoms with Crippen LogP contribution in [0.1, 0.15) is 5.69 Å². The molecule has 0 saturated carbocycles. The number of halogens is 1. The number of nitrogens with one attached hydrogen (secondary N) is 1. The zero-order valence-electron chi connectivity index (χ0n) is 15.5. The van der Waals surface area contributed by atoms with Crippen molar-refractivity contribution in [3.8, 4) is 0 Å². The molecule has 0 amide bonds. The number of aliphatic imine (C=N–C) groups is 1. The second kappa shape index (κ2) is 9.07. The van der Waals surface area contributed by atoms with Gasteiger partial charge in [0.1, 0.15) is 5.65 Å². The van der Waals surface area contributed by atoms with Gasteiger partial charge in [-0.2, -0.15) is 0 Å². The first-order valence-electron chi connectivity index (χ1n) is 9.02. The fraction of sp³-hybridized carbons (Fsp3) is 0.300. The van der Waals surface area contributed by atoms with Crippen molar-refractivity contribution in [2.45, 2.75) is 6.54 Å². The van der Waals surface area contributed by atoms with Crippen LogP contribution in [0, 0.1) is 0 Å². The summed E-state index contributed by atoms with van der Waals surface area (Å²) < 4.78 is 2.04. The normalized spacial score (nSPS) is 14.9. The zero-order valence-corrected chi connectivity index (χ0v) is 17.8. The summed E-state index contributed by atoms with van der Waals surface area (Å²) in [6.07, 6.45) is 4.08. The molecule has 1 saturated heterocycles.